The second-order valence-corrected chi connectivity index (χ2v) is 6.04. The highest BCUT2D eigenvalue weighted by molar-refractivity contribution is 7.99. The number of halogens is 1. The lowest BCUT2D eigenvalue weighted by Gasteiger charge is -2.35. The number of thioether (sulfide) groups is 1. The molecule has 1 aliphatic rings. The summed E-state index contributed by atoms with van der Waals surface area (Å²) in [6.07, 6.45) is 0.340. The van der Waals surface area contributed by atoms with Crippen molar-refractivity contribution in [3.8, 4) is 6.07 Å². The van der Waals surface area contributed by atoms with Crippen LogP contribution in [0.3, 0.4) is 0 Å². The molecule has 1 saturated heterocycles. The van der Waals surface area contributed by atoms with Gasteiger partial charge in [-0.15, -0.1) is 0 Å². The van der Waals surface area contributed by atoms with E-state index in [1.165, 1.54) is 19.2 Å². The van der Waals surface area contributed by atoms with Gasteiger partial charge in [0.15, 0.2) is 0 Å². The van der Waals surface area contributed by atoms with Crippen molar-refractivity contribution in [2.24, 2.45) is 0 Å². The number of nitriles is 1. The van der Waals surface area contributed by atoms with Crippen molar-refractivity contribution in [1.82, 2.24) is 4.90 Å². The van der Waals surface area contributed by atoms with Crippen LogP contribution in [0, 0.1) is 17.1 Å². The van der Waals surface area contributed by atoms with Gasteiger partial charge in [0.2, 0.25) is 0 Å². The average Bonchev–Trinajstić information content (AvgIpc) is 2.50. The van der Waals surface area contributed by atoms with Crippen LogP contribution >= 0.6 is 11.8 Å². The van der Waals surface area contributed by atoms with Gasteiger partial charge in [0.05, 0.1) is 25.2 Å². The smallest absolute Gasteiger partial charge is 0.307 e. The Bertz CT molecular complexity index is 559. The number of ether oxygens (including phenoxy) is 1. The summed E-state index contributed by atoms with van der Waals surface area (Å²) < 4.78 is 17.9. The molecule has 0 amide bonds. The summed E-state index contributed by atoms with van der Waals surface area (Å²) in [5, 5.41) is 9.11. The summed E-state index contributed by atoms with van der Waals surface area (Å²) in [6.45, 7) is 1.39. The summed E-state index contributed by atoms with van der Waals surface area (Å²) in [6, 6.07) is 6.38. The molecule has 112 valence electrons. The van der Waals surface area contributed by atoms with Gasteiger partial charge in [-0.1, -0.05) is 6.07 Å². The summed E-state index contributed by atoms with van der Waals surface area (Å²) in [5.41, 5.74) is 1.14. The molecule has 1 aliphatic heterocycles. The first-order valence-corrected chi connectivity index (χ1v) is 7.86. The van der Waals surface area contributed by atoms with Crippen molar-refractivity contribution in [2.75, 3.05) is 25.2 Å². The number of hydrogen-bond donors (Lipinski definition) is 0. The largest absolute Gasteiger partial charge is 0.469 e. The van der Waals surface area contributed by atoms with Crippen LogP contribution in [-0.2, 0) is 16.1 Å². The molecule has 0 bridgehead atoms. The minimum atomic E-state index is -0.407. The summed E-state index contributed by atoms with van der Waals surface area (Å²) in [4.78, 5) is 13.7. The minimum absolute atomic E-state index is 0.0906. The average molecular weight is 308 g/mol. The van der Waals surface area contributed by atoms with Crippen LogP contribution in [0.25, 0.3) is 0 Å². The molecule has 0 spiro atoms. The zero-order valence-electron chi connectivity index (χ0n) is 11.8. The lowest BCUT2D eigenvalue weighted by Crippen LogP contribution is -2.43. The molecular weight excluding hydrogens is 291 g/mol. The van der Waals surface area contributed by atoms with E-state index in [-0.39, 0.29) is 12.0 Å². The first-order chi connectivity index (χ1) is 10.1. The molecule has 0 radical (unpaired) electrons. The van der Waals surface area contributed by atoms with Gasteiger partial charge in [-0.3, -0.25) is 9.69 Å². The Kier molecular flexibility index (Phi) is 5.59. The third-order valence-electron chi connectivity index (χ3n) is 3.55. The zero-order valence-corrected chi connectivity index (χ0v) is 12.7. The molecule has 1 fully saturated rings. The second-order valence-electron chi connectivity index (χ2n) is 4.89. The SMILES string of the molecule is COC(=O)CC1CSCCN1Cc1ccc(F)cc1C#N. The fourth-order valence-corrected chi connectivity index (χ4v) is 3.50. The van der Waals surface area contributed by atoms with Gasteiger partial charge in [0.25, 0.3) is 0 Å². The number of esters is 1. The zero-order chi connectivity index (χ0) is 15.2. The maximum absolute atomic E-state index is 13.2. The summed E-state index contributed by atoms with van der Waals surface area (Å²) >= 11 is 1.81. The quantitative estimate of drug-likeness (QED) is 0.798. The summed E-state index contributed by atoms with van der Waals surface area (Å²) in [7, 11) is 1.39. The Hall–Kier alpha value is -1.58. The monoisotopic (exact) mass is 308 g/mol. The van der Waals surface area contributed by atoms with Crippen LogP contribution in [0.5, 0.6) is 0 Å². The number of methoxy groups -OCH3 is 1. The highest BCUT2D eigenvalue weighted by Crippen LogP contribution is 2.23. The van der Waals surface area contributed by atoms with E-state index in [1.807, 2.05) is 17.8 Å². The van der Waals surface area contributed by atoms with Crippen molar-refractivity contribution in [1.29, 1.82) is 5.26 Å². The van der Waals surface area contributed by atoms with Crippen LogP contribution < -0.4 is 0 Å². The molecular formula is C15H17FN2O2S. The summed E-state index contributed by atoms with van der Waals surface area (Å²) in [5.74, 6) is 1.21. The molecule has 1 atom stereocenters. The maximum atomic E-state index is 13.2. The predicted molar refractivity (Wildman–Crippen MR) is 79.3 cm³/mol. The van der Waals surface area contributed by atoms with Gasteiger partial charge in [0.1, 0.15) is 5.82 Å². The highest BCUT2D eigenvalue weighted by atomic mass is 32.2. The van der Waals surface area contributed by atoms with Crippen LogP contribution in [0.4, 0.5) is 4.39 Å². The molecule has 0 aromatic heterocycles. The normalized spacial score (nSPS) is 19.0. The van der Waals surface area contributed by atoms with Gasteiger partial charge in [-0.2, -0.15) is 17.0 Å². The Morgan fingerprint density at radius 2 is 2.43 bits per heavy atom. The maximum Gasteiger partial charge on any atom is 0.307 e. The van der Waals surface area contributed by atoms with Crippen LogP contribution in [0.2, 0.25) is 0 Å². The molecule has 0 saturated carbocycles. The third-order valence-corrected chi connectivity index (χ3v) is 4.64. The lowest BCUT2D eigenvalue weighted by molar-refractivity contribution is -0.141. The van der Waals surface area contributed by atoms with Crippen LogP contribution in [-0.4, -0.2) is 42.1 Å². The highest BCUT2D eigenvalue weighted by Gasteiger charge is 2.26. The van der Waals surface area contributed by atoms with E-state index in [9.17, 15) is 9.18 Å². The molecule has 21 heavy (non-hydrogen) atoms. The van der Waals surface area contributed by atoms with E-state index < -0.39 is 5.82 Å². The van der Waals surface area contributed by atoms with E-state index in [0.29, 0.717) is 18.5 Å². The molecule has 1 heterocycles. The molecule has 1 aromatic carbocycles. The molecule has 0 aliphatic carbocycles. The number of rotatable bonds is 4. The Balaban J connectivity index is 2.12. The van der Waals surface area contributed by atoms with Crippen molar-refractivity contribution >= 4 is 17.7 Å². The Labute approximate surface area is 127 Å². The van der Waals surface area contributed by atoms with E-state index in [0.717, 1.165) is 23.6 Å². The Morgan fingerprint density at radius 1 is 1.62 bits per heavy atom. The van der Waals surface area contributed by atoms with E-state index in [4.69, 9.17) is 10.00 Å². The van der Waals surface area contributed by atoms with Crippen molar-refractivity contribution in [2.45, 2.75) is 19.0 Å². The van der Waals surface area contributed by atoms with Gasteiger partial charge in [0, 0.05) is 30.6 Å². The number of nitrogens with zero attached hydrogens (tertiary/aromatic N) is 2. The number of hydrogen-bond acceptors (Lipinski definition) is 5. The molecule has 1 aromatic rings. The van der Waals surface area contributed by atoms with Gasteiger partial charge < -0.3 is 4.74 Å². The number of carbonyl (C=O) groups is 1. The topological polar surface area (TPSA) is 53.3 Å². The van der Waals surface area contributed by atoms with Crippen LogP contribution in [0.1, 0.15) is 17.5 Å². The van der Waals surface area contributed by atoms with E-state index >= 15 is 0 Å². The van der Waals surface area contributed by atoms with Gasteiger partial charge in [-0.05, 0) is 17.7 Å². The van der Waals surface area contributed by atoms with E-state index in [2.05, 4.69) is 4.90 Å². The predicted octanol–water partition coefficient (Wildman–Crippen LogP) is 2.18. The fourth-order valence-electron chi connectivity index (χ4n) is 2.37. The molecule has 2 rings (SSSR count). The number of carbonyl (C=O) groups excluding carboxylic acids is 1. The molecule has 1 unspecified atom stereocenters. The van der Waals surface area contributed by atoms with Crippen LogP contribution in [0.15, 0.2) is 18.2 Å². The first-order valence-electron chi connectivity index (χ1n) is 6.71. The van der Waals surface area contributed by atoms with Crippen molar-refractivity contribution < 1.29 is 13.9 Å². The van der Waals surface area contributed by atoms with E-state index in [1.54, 1.807) is 6.07 Å². The van der Waals surface area contributed by atoms with Crippen molar-refractivity contribution in [3.05, 3.63) is 35.1 Å². The first kappa shape index (κ1) is 15.8. The lowest BCUT2D eigenvalue weighted by atomic mass is 10.1. The standard InChI is InChI=1S/C15H17FN2O2S/c1-20-15(19)7-14-10-21-5-4-18(14)9-11-2-3-13(16)6-12(11)8-17/h2-3,6,14H,4-5,7,9-10H2,1H3. The Morgan fingerprint density at radius 3 is 3.14 bits per heavy atom. The van der Waals surface area contributed by atoms with Crippen molar-refractivity contribution in [3.63, 3.8) is 0 Å². The third kappa shape index (κ3) is 4.19. The molecule has 6 heteroatoms. The fraction of sp³-hybridized carbons (Fsp3) is 0.467. The molecule has 0 N–H and O–H groups in total. The molecule has 4 nitrogen and oxygen atoms in total. The second kappa shape index (κ2) is 7.43. The van der Waals surface area contributed by atoms with Gasteiger partial charge in [-0.25, -0.2) is 4.39 Å². The van der Waals surface area contributed by atoms with Gasteiger partial charge >= 0.3 is 5.97 Å². The number of benzene rings is 1. The minimum Gasteiger partial charge on any atom is -0.469 e.